The number of halogens is 1. The lowest BCUT2D eigenvalue weighted by Gasteiger charge is -2.27. The topological polar surface area (TPSA) is 32.7 Å². The Bertz CT molecular complexity index is 460. The minimum Gasteiger partial charge on any atom is -0.496 e. The monoisotopic (exact) mass is 295 g/mol. The second-order valence-electron chi connectivity index (χ2n) is 6.19. The van der Waals surface area contributed by atoms with Gasteiger partial charge in [-0.1, -0.05) is 6.07 Å². The molecule has 0 aliphatic heterocycles. The molecule has 1 saturated carbocycles. The van der Waals surface area contributed by atoms with E-state index in [1.165, 1.54) is 26.0 Å². The summed E-state index contributed by atoms with van der Waals surface area (Å²) >= 11 is 0. The van der Waals surface area contributed by atoms with Crippen LogP contribution >= 0.6 is 0 Å². The molecule has 0 saturated heterocycles. The number of ether oxygens (including phenoxy) is 1. The summed E-state index contributed by atoms with van der Waals surface area (Å²) in [5.74, 6) is 0.827. The molecule has 1 N–H and O–H groups in total. The molecule has 0 radical (unpaired) electrons. The predicted molar refractivity (Wildman–Crippen MR) is 82.0 cm³/mol. The number of aliphatic hydroxyl groups excluding tert-OH is 1. The predicted octanol–water partition coefficient (Wildman–Crippen LogP) is 3.38. The zero-order chi connectivity index (χ0) is 15.4. The van der Waals surface area contributed by atoms with Crippen LogP contribution in [-0.2, 0) is 0 Å². The van der Waals surface area contributed by atoms with Gasteiger partial charge >= 0.3 is 0 Å². The Balaban J connectivity index is 1.98. The number of hydrogen-bond donors (Lipinski definition) is 1. The molecule has 3 nitrogen and oxygen atoms in total. The highest BCUT2D eigenvalue weighted by atomic mass is 19.1. The number of rotatable bonds is 8. The largest absolute Gasteiger partial charge is 0.496 e. The Morgan fingerprint density at radius 2 is 2.10 bits per heavy atom. The van der Waals surface area contributed by atoms with Crippen molar-refractivity contribution in [2.45, 2.75) is 45.3 Å². The third-order valence-electron chi connectivity index (χ3n) is 4.18. The van der Waals surface area contributed by atoms with Crippen molar-refractivity contribution in [1.82, 2.24) is 4.90 Å². The van der Waals surface area contributed by atoms with E-state index in [-0.39, 0.29) is 5.56 Å². The maximum atomic E-state index is 13.9. The van der Waals surface area contributed by atoms with E-state index in [9.17, 15) is 9.50 Å². The van der Waals surface area contributed by atoms with Crippen LogP contribution in [0.25, 0.3) is 0 Å². The Kier molecular flexibility index (Phi) is 5.59. The third-order valence-corrected chi connectivity index (χ3v) is 4.18. The Morgan fingerprint density at radius 1 is 1.38 bits per heavy atom. The minimum atomic E-state index is -0.832. The van der Waals surface area contributed by atoms with E-state index in [2.05, 4.69) is 18.7 Å². The minimum absolute atomic E-state index is 0.273. The van der Waals surface area contributed by atoms with Crippen LogP contribution in [0.2, 0.25) is 0 Å². The van der Waals surface area contributed by atoms with Crippen molar-refractivity contribution >= 4 is 0 Å². The fourth-order valence-corrected chi connectivity index (χ4v) is 2.64. The molecule has 4 heteroatoms. The summed E-state index contributed by atoms with van der Waals surface area (Å²) in [5.41, 5.74) is 0.273. The molecule has 0 aromatic heterocycles. The molecule has 0 spiro atoms. The summed E-state index contributed by atoms with van der Waals surface area (Å²) in [6.07, 6.45) is 2.31. The summed E-state index contributed by atoms with van der Waals surface area (Å²) in [6, 6.07) is 5.09. The van der Waals surface area contributed by atoms with Crippen molar-refractivity contribution in [2.24, 2.45) is 5.92 Å². The maximum absolute atomic E-state index is 13.9. The van der Waals surface area contributed by atoms with Crippen molar-refractivity contribution in [2.75, 3.05) is 20.2 Å². The average molecular weight is 295 g/mol. The first-order valence-corrected chi connectivity index (χ1v) is 7.77. The summed E-state index contributed by atoms with van der Waals surface area (Å²) in [4.78, 5) is 2.37. The first kappa shape index (κ1) is 16.2. The van der Waals surface area contributed by atoms with Crippen molar-refractivity contribution < 1.29 is 14.2 Å². The van der Waals surface area contributed by atoms with Gasteiger partial charge < -0.3 is 14.7 Å². The molecule has 2 rings (SSSR count). The zero-order valence-corrected chi connectivity index (χ0v) is 13.2. The van der Waals surface area contributed by atoms with E-state index in [1.807, 2.05) is 0 Å². The van der Waals surface area contributed by atoms with Crippen molar-refractivity contribution in [1.29, 1.82) is 0 Å². The quantitative estimate of drug-likeness (QED) is 0.798. The smallest absolute Gasteiger partial charge is 0.132 e. The number of methoxy groups -OCH3 is 1. The van der Waals surface area contributed by atoms with E-state index < -0.39 is 11.9 Å². The van der Waals surface area contributed by atoms with Gasteiger partial charge in [0.1, 0.15) is 11.6 Å². The second kappa shape index (κ2) is 7.23. The van der Waals surface area contributed by atoms with Gasteiger partial charge in [0.25, 0.3) is 0 Å². The van der Waals surface area contributed by atoms with Gasteiger partial charge in [0.2, 0.25) is 0 Å². The van der Waals surface area contributed by atoms with E-state index in [4.69, 9.17) is 4.74 Å². The zero-order valence-electron chi connectivity index (χ0n) is 13.2. The number of benzene rings is 1. The van der Waals surface area contributed by atoms with Gasteiger partial charge in [0.15, 0.2) is 0 Å². The highest BCUT2D eigenvalue weighted by molar-refractivity contribution is 5.36. The second-order valence-corrected chi connectivity index (χ2v) is 6.19. The first-order chi connectivity index (χ1) is 10.0. The van der Waals surface area contributed by atoms with E-state index >= 15 is 0 Å². The number of nitrogens with zero attached hydrogens (tertiary/aromatic N) is 1. The molecule has 0 amide bonds. The average Bonchev–Trinajstić information content (AvgIpc) is 3.26. The lowest BCUT2D eigenvalue weighted by Crippen LogP contribution is -2.34. The summed E-state index contributed by atoms with van der Waals surface area (Å²) in [6.45, 7) is 6.18. The fourth-order valence-electron chi connectivity index (χ4n) is 2.64. The molecule has 0 bridgehead atoms. The Hall–Kier alpha value is -1.13. The van der Waals surface area contributed by atoms with Crippen molar-refractivity contribution in [3.63, 3.8) is 0 Å². The molecular formula is C17H26FNO2. The van der Waals surface area contributed by atoms with E-state index in [0.29, 0.717) is 18.2 Å². The summed E-state index contributed by atoms with van der Waals surface area (Å²) < 4.78 is 19.1. The lowest BCUT2D eigenvalue weighted by atomic mass is 10.0. The van der Waals surface area contributed by atoms with Crippen LogP contribution < -0.4 is 4.74 Å². The number of aliphatic hydroxyl groups is 1. The molecule has 1 aromatic rings. The van der Waals surface area contributed by atoms with Gasteiger partial charge in [-0.25, -0.2) is 4.39 Å². The first-order valence-electron chi connectivity index (χ1n) is 7.77. The van der Waals surface area contributed by atoms with Crippen molar-refractivity contribution in [3.05, 3.63) is 29.6 Å². The number of hydrogen-bond acceptors (Lipinski definition) is 3. The highest BCUT2D eigenvalue weighted by Gasteiger charge is 2.26. The third kappa shape index (κ3) is 4.42. The van der Waals surface area contributed by atoms with Gasteiger partial charge in [0.05, 0.1) is 18.8 Å². The summed E-state index contributed by atoms with van der Waals surface area (Å²) in [7, 11) is 1.50. The molecule has 1 atom stereocenters. The van der Waals surface area contributed by atoms with E-state index in [1.54, 1.807) is 12.1 Å². The Morgan fingerprint density at radius 3 is 2.67 bits per heavy atom. The van der Waals surface area contributed by atoms with Gasteiger partial charge in [0, 0.05) is 19.1 Å². The molecule has 1 aromatic carbocycles. The fraction of sp³-hybridized carbons (Fsp3) is 0.647. The Labute approximate surface area is 126 Å². The SMILES string of the molecule is COc1cccc(F)c1C(O)CCN(CC1CC1)C(C)C. The van der Waals surface area contributed by atoms with Gasteiger partial charge in [-0.05, 0) is 51.2 Å². The van der Waals surface area contributed by atoms with Crippen LogP contribution in [0.3, 0.4) is 0 Å². The van der Waals surface area contributed by atoms with Crippen molar-refractivity contribution in [3.8, 4) is 5.75 Å². The molecule has 21 heavy (non-hydrogen) atoms. The van der Waals surface area contributed by atoms with Crippen LogP contribution in [0, 0.1) is 11.7 Å². The standard InChI is InChI=1S/C17H26FNO2/c1-12(2)19(11-13-7-8-13)10-9-15(20)17-14(18)5-4-6-16(17)21-3/h4-6,12-13,15,20H,7-11H2,1-3H3. The van der Waals surface area contributed by atoms with Crippen LogP contribution in [0.1, 0.15) is 44.8 Å². The molecule has 1 aliphatic rings. The van der Waals surface area contributed by atoms with Gasteiger partial charge in [-0.2, -0.15) is 0 Å². The van der Waals surface area contributed by atoms with Crippen LogP contribution in [0.5, 0.6) is 5.75 Å². The molecule has 1 aliphatic carbocycles. The molecule has 1 fully saturated rings. The van der Waals surface area contributed by atoms with Crippen LogP contribution in [-0.4, -0.2) is 36.2 Å². The van der Waals surface area contributed by atoms with Crippen LogP contribution in [0.15, 0.2) is 18.2 Å². The van der Waals surface area contributed by atoms with E-state index in [0.717, 1.165) is 19.0 Å². The molecule has 118 valence electrons. The highest BCUT2D eigenvalue weighted by Crippen LogP contribution is 2.32. The maximum Gasteiger partial charge on any atom is 0.132 e. The molecular weight excluding hydrogens is 269 g/mol. The lowest BCUT2D eigenvalue weighted by molar-refractivity contribution is 0.122. The molecule has 0 heterocycles. The normalized spacial score (nSPS) is 16.5. The molecule has 1 unspecified atom stereocenters. The van der Waals surface area contributed by atoms with Gasteiger partial charge in [-0.15, -0.1) is 0 Å². The van der Waals surface area contributed by atoms with Gasteiger partial charge in [-0.3, -0.25) is 0 Å². The summed E-state index contributed by atoms with van der Waals surface area (Å²) in [5, 5.41) is 10.3. The van der Waals surface area contributed by atoms with Crippen LogP contribution in [0.4, 0.5) is 4.39 Å².